The van der Waals surface area contributed by atoms with Crippen molar-refractivity contribution in [2.45, 2.75) is 36.1 Å². The maximum Gasteiger partial charge on any atom is 0.324 e. The maximum absolute atomic E-state index is 12.4. The van der Waals surface area contributed by atoms with E-state index < -0.39 is 34.5 Å². The summed E-state index contributed by atoms with van der Waals surface area (Å²) in [6.07, 6.45) is 1.97. The van der Waals surface area contributed by atoms with Crippen LogP contribution in [0.25, 0.3) is 0 Å². The molecule has 0 radical (unpaired) electrons. The van der Waals surface area contributed by atoms with Crippen molar-refractivity contribution in [3.05, 3.63) is 60.2 Å². The summed E-state index contributed by atoms with van der Waals surface area (Å²) in [5.41, 5.74) is 1.12. The highest BCUT2D eigenvalue weighted by Crippen LogP contribution is 2.47. The number of sulfonamides is 1. The third-order valence-corrected chi connectivity index (χ3v) is 6.82. The molecule has 0 heterocycles. The van der Waals surface area contributed by atoms with Gasteiger partial charge < -0.3 is 14.8 Å². The van der Waals surface area contributed by atoms with Crippen molar-refractivity contribution in [3.63, 3.8) is 0 Å². The molecule has 9 heteroatoms. The van der Waals surface area contributed by atoms with Gasteiger partial charge >= 0.3 is 5.97 Å². The van der Waals surface area contributed by atoms with Crippen LogP contribution in [0.3, 0.4) is 0 Å². The third kappa shape index (κ3) is 5.83. The molecule has 0 saturated heterocycles. The van der Waals surface area contributed by atoms with E-state index in [1.165, 1.54) is 43.9 Å². The van der Waals surface area contributed by atoms with Crippen LogP contribution in [-0.4, -0.2) is 46.6 Å². The number of ether oxygens (including phenoxy) is 2. The Kier molecular flexibility index (Phi) is 6.97. The lowest BCUT2D eigenvalue weighted by atomic mass is 9.96. The Balaban J connectivity index is 1.45. The monoisotopic (exact) mass is 446 g/mol. The van der Waals surface area contributed by atoms with Gasteiger partial charge in [-0.1, -0.05) is 30.3 Å². The van der Waals surface area contributed by atoms with E-state index in [2.05, 4.69) is 10.0 Å². The van der Waals surface area contributed by atoms with Gasteiger partial charge in [0, 0.05) is 12.0 Å². The largest absolute Gasteiger partial charge is 0.497 e. The number of benzene rings is 2. The molecule has 1 aliphatic carbocycles. The Hall–Kier alpha value is -2.91. The second-order valence-corrected chi connectivity index (χ2v) is 9.26. The lowest BCUT2D eigenvalue weighted by molar-refractivity contribution is -0.149. The number of hydrogen-bond acceptors (Lipinski definition) is 6. The smallest absolute Gasteiger partial charge is 0.324 e. The summed E-state index contributed by atoms with van der Waals surface area (Å²) in [4.78, 5) is 24.2. The van der Waals surface area contributed by atoms with Crippen molar-refractivity contribution in [3.8, 4) is 5.75 Å². The highest BCUT2D eigenvalue weighted by atomic mass is 32.2. The molecule has 3 rings (SSSR count). The van der Waals surface area contributed by atoms with Crippen molar-refractivity contribution < 1.29 is 27.5 Å². The first-order valence-corrected chi connectivity index (χ1v) is 11.4. The van der Waals surface area contributed by atoms with Gasteiger partial charge in [0.1, 0.15) is 11.8 Å². The Morgan fingerprint density at radius 3 is 2.29 bits per heavy atom. The van der Waals surface area contributed by atoms with E-state index in [0.29, 0.717) is 12.3 Å². The third-order valence-electron chi connectivity index (χ3n) is 5.26. The van der Waals surface area contributed by atoms with E-state index in [0.717, 1.165) is 12.8 Å². The Morgan fingerprint density at radius 1 is 1.06 bits per heavy atom. The molecule has 0 spiro atoms. The Bertz CT molecular complexity index is 1020. The van der Waals surface area contributed by atoms with Crippen LogP contribution in [0.2, 0.25) is 0 Å². The zero-order valence-corrected chi connectivity index (χ0v) is 18.3. The number of carbonyl (C=O) groups is 2. The Labute approximate surface area is 182 Å². The van der Waals surface area contributed by atoms with Crippen LogP contribution >= 0.6 is 0 Å². The molecule has 1 fully saturated rings. The van der Waals surface area contributed by atoms with Crippen molar-refractivity contribution >= 4 is 21.9 Å². The molecule has 2 aromatic carbocycles. The number of esters is 1. The fourth-order valence-corrected chi connectivity index (χ4v) is 4.39. The van der Waals surface area contributed by atoms with Gasteiger partial charge in [0.2, 0.25) is 10.0 Å². The highest BCUT2D eigenvalue weighted by molar-refractivity contribution is 7.89. The predicted molar refractivity (Wildman–Crippen MR) is 114 cm³/mol. The fraction of sp³-hybridized carbons (Fsp3) is 0.364. The molecule has 2 N–H and O–H groups in total. The van der Waals surface area contributed by atoms with Crippen LogP contribution in [0.15, 0.2) is 59.5 Å². The molecular weight excluding hydrogens is 420 g/mol. The predicted octanol–water partition coefficient (Wildman–Crippen LogP) is 1.75. The van der Waals surface area contributed by atoms with E-state index in [4.69, 9.17) is 9.47 Å². The summed E-state index contributed by atoms with van der Waals surface area (Å²) in [6.45, 7) is 1.35. The minimum absolute atomic E-state index is 0.0127. The van der Waals surface area contributed by atoms with Gasteiger partial charge in [-0.05, 0) is 49.6 Å². The van der Waals surface area contributed by atoms with E-state index in [1.54, 1.807) is 0 Å². The summed E-state index contributed by atoms with van der Waals surface area (Å²) >= 11 is 0. The van der Waals surface area contributed by atoms with Crippen LogP contribution in [0.4, 0.5) is 0 Å². The van der Waals surface area contributed by atoms with Gasteiger partial charge in [0.05, 0.1) is 12.0 Å². The number of methoxy groups -OCH3 is 1. The second kappa shape index (κ2) is 9.49. The molecular formula is C22H26N2O6S. The molecule has 1 atom stereocenters. The minimum atomic E-state index is -3.93. The van der Waals surface area contributed by atoms with E-state index in [1.807, 2.05) is 30.3 Å². The standard InChI is InChI=1S/C22H26N2O6S/c1-16(24-31(27,28)19-10-8-18(29-2)9-11-19)21(26)30-14-20(25)23-15-22(12-13-22)17-6-4-3-5-7-17/h3-11,16,24H,12-15H2,1-2H3,(H,23,25)/t16-/m0/s1. The minimum Gasteiger partial charge on any atom is -0.497 e. The molecule has 1 aliphatic rings. The van der Waals surface area contributed by atoms with Crippen molar-refractivity contribution in [2.24, 2.45) is 0 Å². The van der Waals surface area contributed by atoms with Crippen LogP contribution in [0.5, 0.6) is 5.75 Å². The molecule has 0 bridgehead atoms. The molecule has 1 saturated carbocycles. The van der Waals surface area contributed by atoms with Crippen molar-refractivity contribution in [2.75, 3.05) is 20.3 Å². The van der Waals surface area contributed by atoms with Gasteiger partial charge in [-0.2, -0.15) is 4.72 Å². The van der Waals surface area contributed by atoms with Gasteiger partial charge in [-0.25, -0.2) is 8.42 Å². The van der Waals surface area contributed by atoms with E-state index >= 15 is 0 Å². The molecule has 8 nitrogen and oxygen atoms in total. The number of rotatable bonds is 10. The fourth-order valence-electron chi connectivity index (χ4n) is 3.19. The van der Waals surface area contributed by atoms with E-state index in [-0.39, 0.29) is 10.3 Å². The van der Waals surface area contributed by atoms with Crippen LogP contribution < -0.4 is 14.8 Å². The first kappa shape index (κ1) is 22.8. The normalized spacial score (nSPS) is 15.5. The molecule has 0 aromatic heterocycles. The number of amides is 1. The molecule has 31 heavy (non-hydrogen) atoms. The number of nitrogens with one attached hydrogen (secondary N) is 2. The van der Waals surface area contributed by atoms with Crippen LogP contribution in [0, 0.1) is 0 Å². The molecule has 0 aliphatic heterocycles. The maximum atomic E-state index is 12.4. The SMILES string of the molecule is COc1ccc(S(=O)(=O)N[C@@H](C)C(=O)OCC(=O)NCC2(c3ccccc3)CC2)cc1. The quantitative estimate of drug-likeness (QED) is 0.538. The number of carbonyl (C=O) groups excluding carboxylic acids is 2. The molecule has 1 amide bonds. The van der Waals surface area contributed by atoms with Crippen molar-refractivity contribution in [1.82, 2.24) is 10.0 Å². The first-order chi connectivity index (χ1) is 14.8. The lowest BCUT2D eigenvalue weighted by Crippen LogP contribution is -2.41. The summed E-state index contributed by atoms with van der Waals surface area (Å²) in [5, 5.41) is 2.80. The average molecular weight is 447 g/mol. The number of hydrogen-bond donors (Lipinski definition) is 2. The summed E-state index contributed by atoms with van der Waals surface area (Å²) in [7, 11) is -2.45. The van der Waals surface area contributed by atoms with Gasteiger partial charge in [-0.15, -0.1) is 0 Å². The van der Waals surface area contributed by atoms with E-state index in [9.17, 15) is 18.0 Å². The Morgan fingerprint density at radius 2 is 1.71 bits per heavy atom. The highest BCUT2D eigenvalue weighted by Gasteiger charge is 2.44. The topological polar surface area (TPSA) is 111 Å². The summed E-state index contributed by atoms with van der Waals surface area (Å²) in [5.74, 6) is -0.755. The molecule has 0 unspecified atom stereocenters. The zero-order chi connectivity index (χ0) is 22.5. The zero-order valence-electron chi connectivity index (χ0n) is 17.5. The van der Waals surface area contributed by atoms with Gasteiger partial charge in [-0.3, -0.25) is 9.59 Å². The average Bonchev–Trinajstić information content (AvgIpc) is 3.57. The molecule has 2 aromatic rings. The van der Waals surface area contributed by atoms with Crippen molar-refractivity contribution in [1.29, 1.82) is 0 Å². The van der Waals surface area contributed by atoms with Gasteiger partial charge in [0.25, 0.3) is 5.91 Å². The van der Waals surface area contributed by atoms with Crippen LogP contribution in [-0.2, 0) is 29.8 Å². The summed E-state index contributed by atoms with van der Waals surface area (Å²) < 4.78 is 37.0. The lowest BCUT2D eigenvalue weighted by Gasteiger charge is -2.17. The van der Waals surface area contributed by atoms with Gasteiger partial charge in [0.15, 0.2) is 6.61 Å². The second-order valence-electron chi connectivity index (χ2n) is 7.55. The first-order valence-electron chi connectivity index (χ1n) is 9.91. The van der Waals surface area contributed by atoms with Crippen LogP contribution in [0.1, 0.15) is 25.3 Å². The molecule has 166 valence electrons. The summed E-state index contributed by atoms with van der Waals surface area (Å²) in [6, 6.07) is 14.5.